The van der Waals surface area contributed by atoms with Gasteiger partial charge in [0.2, 0.25) is 0 Å². The highest BCUT2D eigenvalue weighted by molar-refractivity contribution is 6.42. The van der Waals surface area contributed by atoms with Gasteiger partial charge >= 0.3 is 6.18 Å². The SMILES string of the molecule is COc1ccc(CN2CCn3nc4c(c3C2=O)CN(C(=O)c2ccc(Cl)c(Cl)c2)[C@@H](C(F)(F)F)C4)cc1. The van der Waals surface area contributed by atoms with Gasteiger partial charge in [-0.15, -0.1) is 0 Å². The lowest BCUT2D eigenvalue weighted by Crippen LogP contribution is -2.52. The van der Waals surface area contributed by atoms with Gasteiger partial charge in [-0.3, -0.25) is 14.3 Å². The first kappa shape index (κ1) is 25.4. The summed E-state index contributed by atoms with van der Waals surface area (Å²) in [4.78, 5) is 29.1. The molecule has 1 aromatic heterocycles. The summed E-state index contributed by atoms with van der Waals surface area (Å²) < 4.78 is 48.8. The third-order valence-corrected chi connectivity index (χ3v) is 7.37. The van der Waals surface area contributed by atoms with E-state index in [0.29, 0.717) is 30.9 Å². The largest absolute Gasteiger partial charge is 0.497 e. The summed E-state index contributed by atoms with van der Waals surface area (Å²) in [5, 5.41) is 4.57. The minimum atomic E-state index is -4.70. The number of amides is 2. The van der Waals surface area contributed by atoms with Crippen LogP contribution in [-0.4, -0.2) is 57.3 Å². The topological polar surface area (TPSA) is 67.7 Å². The van der Waals surface area contributed by atoms with Crippen LogP contribution in [-0.2, 0) is 26.1 Å². The Hall–Kier alpha value is -3.24. The Bertz CT molecular complexity index is 1370. The van der Waals surface area contributed by atoms with Gasteiger partial charge in [-0.25, -0.2) is 0 Å². The number of alkyl halides is 3. The molecule has 0 unspecified atom stereocenters. The van der Waals surface area contributed by atoms with Gasteiger partial charge in [0.1, 0.15) is 17.5 Å². The third-order valence-electron chi connectivity index (χ3n) is 6.63. The van der Waals surface area contributed by atoms with Crippen LogP contribution in [0.2, 0.25) is 10.0 Å². The standard InChI is InChI=1S/C25H21Cl2F3N4O3/c1-37-16-5-2-14(3-6-16)12-32-8-9-34-22(24(32)36)17-13-33(21(25(28,29)30)11-20(17)31-34)23(35)15-4-7-18(26)19(27)10-15/h2-7,10,21H,8-9,11-13H2,1H3/t21-/m1/s1. The number of nitrogens with zero attached hydrogens (tertiary/aromatic N) is 4. The summed E-state index contributed by atoms with van der Waals surface area (Å²) in [6, 6.07) is 9.11. The molecule has 0 saturated carbocycles. The predicted octanol–water partition coefficient (Wildman–Crippen LogP) is 4.98. The Labute approximate surface area is 220 Å². The Morgan fingerprint density at radius 1 is 1.11 bits per heavy atom. The molecule has 5 rings (SSSR count). The van der Waals surface area contributed by atoms with E-state index in [2.05, 4.69) is 5.10 Å². The summed E-state index contributed by atoms with van der Waals surface area (Å²) in [6.45, 7) is 0.602. The molecule has 3 aromatic rings. The Morgan fingerprint density at radius 2 is 1.84 bits per heavy atom. The van der Waals surface area contributed by atoms with Crippen molar-refractivity contribution in [2.75, 3.05) is 13.7 Å². The summed E-state index contributed by atoms with van der Waals surface area (Å²) in [6.07, 6.45) is -5.24. The molecule has 194 valence electrons. The summed E-state index contributed by atoms with van der Waals surface area (Å²) in [5.41, 5.74) is 1.57. The highest BCUT2D eigenvalue weighted by atomic mass is 35.5. The minimum absolute atomic E-state index is 0.0272. The van der Waals surface area contributed by atoms with E-state index in [1.165, 1.54) is 22.9 Å². The van der Waals surface area contributed by atoms with Crippen molar-refractivity contribution in [1.29, 1.82) is 0 Å². The number of methoxy groups -OCH3 is 1. The fourth-order valence-electron chi connectivity index (χ4n) is 4.72. The van der Waals surface area contributed by atoms with Crippen LogP contribution in [0.1, 0.15) is 37.7 Å². The smallest absolute Gasteiger partial charge is 0.409 e. The molecule has 2 aliphatic heterocycles. The molecule has 2 aliphatic rings. The van der Waals surface area contributed by atoms with E-state index in [-0.39, 0.29) is 32.9 Å². The van der Waals surface area contributed by atoms with Crippen molar-refractivity contribution in [3.8, 4) is 5.75 Å². The first-order valence-corrected chi connectivity index (χ1v) is 12.2. The van der Waals surface area contributed by atoms with Crippen molar-refractivity contribution >= 4 is 35.0 Å². The van der Waals surface area contributed by atoms with Crippen LogP contribution in [0, 0.1) is 0 Å². The maximum Gasteiger partial charge on any atom is 0.409 e. The van der Waals surface area contributed by atoms with Gasteiger partial charge in [-0.1, -0.05) is 35.3 Å². The van der Waals surface area contributed by atoms with Gasteiger partial charge in [-0.05, 0) is 35.9 Å². The second-order valence-corrected chi connectivity index (χ2v) is 9.71. The van der Waals surface area contributed by atoms with Crippen LogP contribution in [0.25, 0.3) is 0 Å². The van der Waals surface area contributed by atoms with E-state index in [4.69, 9.17) is 27.9 Å². The number of carbonyl (C=O) groups excluding carboxylic acids is 2. The van der Waals surface area contributed by atoms with Gasteiger partial charge in [-0.2, -0.15) is 18.3 Å². The molecule has 0 fully saturated rings. The molecule has 0 bridgehead atoms. The van der Waals surface area contributed by atoms with E-state index in [9.17, 15) is 22.8 Å². The number of carbonyl (C=O) groups is 2. The highest BCUT2D eigenvalue weighted by Crippen LogP contribution is 2.37. The number of halogens is 5. The maximum atomic E-state index is 14.1. The molecule has 0 radical (unpaired) electrons. The molecule has 3 heterocycles. The Kier molecular flexibility index (Phi) is 6.57. The maximum absolute atomic E-state index is 14.1. The minimum Gasteiger partial charge on any atom is -0.497 e. The molecule has 0 saturated heterocycles. The number of benzene rings is 2. The monoisotopic (exact) mass is 552 g/mol. The fourth-order valence-corrected chi connectivity index (χ4v) is 5.02. The third kappa shape index (κ3) is 4.75. The van der Waals surface area contributed by atoms with E-state index in [1.54, 1.807) is 24.1 Å². The number of aromatic nitrogens is 2. The van der Waals surface area contributed by atoms with E-state index < -0.39 is 31.1 Å². The molecule has 37 heavy (non-hydrogen) atoms. The summed E-state index contributed by atoms with van der Waals surface area (Å²) in [7, 11) is 1.56. The lowest BCUT2D eigenvalue weighted by atomic mass is 9.96. The molecule has 7 nitrogen and oxygen atoms in total. The second-order valence-electron chi connectivity index (χ2n) is 8.90. The van der Waals surface area contributed by atoms with Crippen LogP contribution in [0.5, 0.6) is 5.75 Å². The lowest BCUT2D eigenvalue weighted by molar-refractivity contribution is -0.179. The summed E-state index contributed by atoms with van der Waals surface area (Å²) in [5.74, 6) is -0.514. The molecular formula is C25H21Cl2F3N4O3. The van der Waals surface area contributed by atoms with Crippen molar-refractivity contribution in [1.82, 2.24) is 19.6 Å². The zero-order chi connectivity index (χ0) is 26.5. The van der Waals surface area contributed by atoms with Gasteiger partial charge in [0.15, 0.2) is 0 Å². The van der Waals surface area contributed by atoms with Crippen molar-refractivity contribution in [3.63, 3.8) is 0 Å². The van der Waals surface area contributed by atoms with Crippen LogP contribution >= 0.6 is 23.2 Å². The molecule has 0 aliphatic carbocycles. The van der Waals surface area contributed by atoms with Crippen LogP contribution in [0.4, 0.5) is 13.2 Å². The summed E-state index contributed by atoms with van der Waals surface area (Å²) >= 11 is 11.9. The number of hydrogen-bond acceptors (Lipinski definition) is 4. The quantitative estimate of drug-likeness (QED) is 0.457. The average molecular weight is 553 g/mol. The van der Waals surface area contributed by atoms with E-state index in [0.717, 1.165) is 10.5 Å². The Morgan fingerprint density at radius 3 is 2.49 bits per heavy atom. The molecular weight excluding hydrogens is 532 g/mol. The van der Waals surface area contributed by atoms with Crippen LogP contribution in [0.15, 0.2) is 42.5 Å². The molecule has 12 heteroatoms. The van der Waals surface area contributed by atoms with Crippen molar-refractivity contribution in [3.05, 3.63) is 80.6 Å². The second kappa shape index (κ2) is 9.57. The predicted molar refractivity (Wildman–Crippen MR) is 130 cm³/mol. The molecule has 0 N–H and O–H groups in total. The zero-order valence-corrected chi connectivity index (χ0v) is 21.1. The normalized spacial score (nSPS) is 17.5. The van der Waals surface area contributed by atoms with Crippen LogP contribution in [0.3, 0.4) is 0 Å². The van der Waals surface area contributed by atoms with Gasteiger partial charge in [0.25, 0.3) is 11.8 Å². The average Bonchev–Trinajstić information content (AvgIpc) is 3.24. The number of ether oxygens (including phenoxy) is 1. The number of fused-ring (bicyclic) bond motifs is 3. The molecule has 1 atom stereocenters. The van der Waals surface area contributed by atoms with Crippen molar-refractivity contribution < 1.29 is 27.5 Å². The zero-order valence-electron chi connectivity index (χ0n) is 19.6. The first-order valence-electron chi connectivity index (χ1n) is 11.4. The van der Waals surface area contributed by atoms with E-state index in [1.807, 2.05) is 12.1 Å². The van der Waals surface area contributed by atoms with E-state index >= 15 is 0 Å². The lowest BCUT2D eigenvalue weighted by Gasteiger charge is -2.37. The molecule has 0 spiro atoms. The number of hydrogen-bond donors (Lipinski definition) is 0. The van der Waals surface area contributed by atoms with Gasteiger partial charge in [0, 0.05) is 30.6 Å². The fraction of sp³-hybridized carbons (Fsp3) is 0.320. The molecule has 2 amide bonds. The Balaban J connectivity index is 1.46. The van der Waals surface area contributed by atoms with Gasteiger partial charge in [0.05, 0.1) is 35.9 Å². The first-order chi connectivity index (χ1) is 17.6. The molecule has 2 aromatic carbocycles. The van der Waals surface area contributed by atoms with Gasteiger partial charge < -0.3 is 14.5 Å². The van der Waals surface area contributed by atoms with Crippen molar-refractivity contribution in [2.45, 2.75) is 38.3 Å². The van der Waals surface area contributed by atoms with Crippen LogP contribution < -0.4 is 4.74 Å². The van der Waals surface area contributed by atoms with Crippen molar-refractivity contribution in [2.24, 2.45) is 0 Å². The highest BCUT2D eigenvalue weighted by Gasteiger charge is 2.50. The number of rotatable bonds is 4.